The minimum Gasteiger partial charge on any atom is -0.494 e. The number of hydrogen-bond acceptors (Lipinski definition) is 3. The van der Waals surface area contributed by atoms with Crippen molar-refractivity contribution in [2.75, 3.05) is 39.3 Å². The summed E-state index contributed by atoms with van der Waals surface area (Å²) >= 11 is 0. The van der Waals surface area contributed by atoms with Crippen LogP contribution in [0, 0.1) is 0 Å². The molecule has 3 rings (SSSR count). The maximum Gasteiger partial charge on any atom is 0.119 e. The average Bonchev–Trinajstić information content (AvgIpc) is 2.90. The molecular formula is C21H34N2O. The molecule has 0 unspecified atom stereocenters. The molecule has 0 bridgehead atoms. The lowest BCUT2D eigenvalue weighted by Gasteiger charge is -2.26. The first-order valence-corrected chi connectivity index (χ1v) is 10.1. The van der Waals surface area contributed by atoms with Crippen molar-refractivity contribution in [3.05, 3.63) is 29.8 Å². The molecule has 134 valence electrons. The maximum absolute atomic E-state index is 5.93. The first-order valence-electron chi connectivity index (χ1n) is 10.1. The van der Waals surface area contributed by atoms with Gasteiger partial charge in [-0.3, -0.25) is 4.90 Å². The Morgan fingerprint density at radius 2 is 1.29 bits per heavy atom. The molecule has 3 heteroatoms. The van der Waals surface area contributed by atoms with E-state index in [4.69, 9.17) is 4.74 Å². The highest BCUT2D eigenvalue weighted by molar-refractivity contribution is 5.27. The average molecular weight is 331 g/mol. The Labute approximate surface area is 148 Å². The van der Waals surface area contributed by atoms with Gasteiger partial charge in [0.25, 0.3) is 0 Å². The number of piperidine rings is 1. The van der Waals surface area contributed by atoms with Crippen LogP contribution in [0.15, 0.2) is 24.3 Å². The maximum atomic E-state index is 5.93. The Bertz CT molecular complexity index is 445. The van der Waals surface area contributed by atoms with Crippen molar-refractivity contribution in [3.63, 3.8) is 0 Å². The molecule has 24 heavy (non-hydrogen) atoms. The van der Waals surface area contributed by atoms with E-state index in [1.165, 1.54) is 83.2 Å². The molecule has 0 aliphatic carbocycles. The second-order valence-electron chi connectivity index (χ2n) is 7.44. The normalized spacial score (nSPS) is 20.7. The minimum absolute atomic E-state index is 0.835. The van der Waals surface area contributed by atoms with Crippen molar-refractivity contribution in [3.8, 4) is 5.75 Å². The number of ether oxygens (including phenoxy) is 1. The Balaban J connectivity index is 1.33. The van der Waals surface area contributed by atoms with Crippen LogP contribution < -0.4 is 4.74 Å². The van der Waals surface area contributed by atoms with Gasteiger partial charge < -0.3 is 9.64 Å². The second kappa shape index (κ2) is 10.0. The molecule has 2 aliphatic heterocycles. The Morgan fingerprint density at radius 1 is 0.708 bits per heavy atom. The summed E-state index contributed by atoms with van der Waals surface area (Å²) in [6.07, 6.45) is 10.8. The topological polar surface area (TPSA) is 15.7 Å². The zero-order chi connectivity index (χ0) is 16.5. The van der Waals surface area contributed by atoms with Crippen LogP contribution in [0.5, 0.6) is 5.75 Å². The first-order chi connectivity index (χ1) is 11.9. The van der Waals surface area contributed by atoms with Gasteiger partial charge in [0.2, 0.25) is 0 Å². The summed E-state index contributed by atoms with van der Waals surface area (Å²) in [6.45, 7) is 8.20. The molecule has 1 aromatic rings. The summed E-state index contributed by atoms with van der Waals surface area (Å²) in [4.78, 5) is 5.18. The monoisotopic (exact) mass is 330 g/mol. The fraction of sp³-hybridized carbons (Fsp3) is 0.714. The molecule has 0 atom stereocenters. The van der Waals surface area contributed by atoms with E-state index in [1.54, 1.807) is 0 Å². The van der Waals surface area contributed by atoms with Gasteiger partial charge in [-0.25, -0.2) is 0 Å². The van der Waals surface area contributed by atoms with Gasteiger partial charge in [0.1, 0.15) is 5.75 Å². The van der Waals surface area contributed by atoms with Gasteiger partial charge in [-0.2, -0.15) is 0 Å². The Kier molecular flexibility index (Phi) is 7.43. The van der Waals surface area contributed by atoms with Crippen LogP contribution >= 0.6 is 0 Å². The van der Waals surface area contributed by atoms with Crippen molar-refractivity contribution < 1.29 is 4.74 Å². The molecule has 3 nitrogen and oxygen atoms in total. The largest absolute Gasteiger partial charge is 0.494 e. The summed E-state index contributed by atoms with van der Waals surface area (Å²) < 4.78 is 5.93. The molecular weight excluding hydrogens is 296 g/mol. The zero-order valence-electron chi connectivity index (χ0n) is 15.2. The number of nitrogens with zero attached hydrogens (tertiary/aromatic N) is 2. The van der Waals surface area contributed by atoms with E-state index >= 15 is 0 Å². The van der Waals surface area contributed by atoms with E-state index in [2.05, 4.69) is 34.1 Å². The van der Waals surface area contributed by atoms with Crippen molar-refractivity contribution in [2.24, 2.45) is 0 Å². The number of likely N-dealkylation sites (tertiary alicyclic amines) is 2. The van der Waals surface area contributed by atoms with Gasteiger partial charge in [-0.1, -0.05) is 31.4 Å². The third kappa shape index (κ3) is 6.10. The summed E-state index contributed by atoms with van der Waals surface area (Å²) in [6, 6.07) is 8.76. The molecule has 2 aliphatic rings. The van der Waals surface area contributed by atoms with Crippen LogP contribution in [0.1, 0.15) is 56.9 Å². The second-order valence-corrected chi connectivity index (χ2v) is 7.44. The molecule has 2 saturated heterocycles. The SMILES string of the molecule is c1cc(OCCCN2CCCCCC2)ccc1CN1CCCCC1. The molecule has 0 amide bonds. The van der Waals surface area contributed by atoms with Crippen molar-refractivity contribution in [1.82, 2.24) is 9.80 Å². The summed E-state index contributed by atoms with van der Waals surface area (Å²) in [5, 5.41) is 0. The predicted octanol–water partition coefficient (Wildman–Crippen LogP) is 4.32. The molecule has 0 spiro atoms. The zero-order valence-corrected chi connectivity index (χ0v) is 15.2. The third-order valence-electron chi connectivity index (χ3n) is 5.36. The molecule has 0 saturated carbocycles. The molecule has 2 heterocycles. The van der Waals surface area contributed by atoms with Crippen LogP contribution in [0.25, 0.3) is 0 Å². The number of rotatable bonds is 7. The third-order valence-corrected chi connectivity index (χ3v) is 5.36. The highest BCUT2D eigenvalue weighted by Crippen LogP contribution is 2.17. The van der Waals surface area contributed by atoms with Gasteiger partial charge in [0.05, 0.1) is 6.61 Å². The summed E-state index contributed by atoms with van der Waals surface area (Å²) in [7, 11) is 0. The molecule has 0 aromatic heterocycles. The standard InChI is InChI=1S/C21H34N2O/c1-2-5-14-22(13-4-1)17-8-18-24-21-11-9-20(10-12-21)19-23-15-6-3-7-16-23/h9-12H,1-8,13-19H2. The summed E-state index contributed by atoms with van der Waals surface area (Å²) in [5.41, 5.74) is 1.41. The van der Waals surface area contributed by atoms with Gasteiger partial charge >= 0.3 is 0 Å². The Hall–Kier alpha value is -1.06. The number of hydrogen-bond donors (Lipinski definition) is 0. The van der Waals surface area contributed by atoms with E-state index in [9.17, 15) is 0 Å². The lowest BCUT2D eigenvalue weighted by Crippen LogP contribution is -2.29. The van der Waals surface area contributed by atoms with Crippen molar-refractivity contribution in [2.45, 2.75) is 57.9 Å². The first kappa shape index (κ1) is 17.8. The van der Waals surface area contributed by atoms with Crippen LogP contribution in [0.4, 0.5) is 0 Å². The van der Waals surface area contributed by atoms with Crippen LogP contribution in [0.2, 0.25) is 0 Å². The highest BCUT2D eigenvalue weighted by Gasteiger charge is 2.10. The smallest absolute Gasteiger partial charge is 0.119 e. The van der Waals surface area contributed by atoms with Crippen molar-refractivity contribution >= 4 is 0 Å². The Morgan fingerprint density at radius 3 is 1.96 bits per heavy atom. The lowest BCUT2D eigenvalue weighted by molar-refractivity contribution is 0.220. The van der Waals surface area contributed by atoms with Crippen molar-refractivity contribution in [1.29, 1.82) is 0 Å². The summed E-state index contributed by atoms with van der Waals surface area (Å²) in [5.74, 6) is 1.02. The highest BCUT2D eigenvalue weighted by atomic mass is 16.5. The molecule has 2 fully saturated rings. The lowest BCUT2D eigenvalue weighted by atomic mass is 10.1. The van der Waals surface area contributed by atoms with Gasteiger partial charge in [0, 0.05) is 13.1 Å². The predicted molar refractivity (Wildman–Crippen MR) is 101 cm³/mol. The van der Waals surface area contributed by atoms with E-state index < -0.39 is 0 Å². The van der Waals surface area contributed by atoms with Crippen LogP contribution in [-0.2, 0) is 6.54 Å². The van der Waals surface area contributed by atoms with Gasteiger partial charge in [-0.15, -0.1) is 0 Å². The fourth-order valence-corrected chi connectivity index (χ4v) is 3.90. The van der Waals surface area contributed by atoms with E-state index in [0.717, 1.165) is 25.3 Å². The fourth-order valence-electron chi connectivity index (χ4n) is 3.90. The minimum atomic E-state index is 0.835. The van der Waals surface area contributed by atoms with Gasteiger partial charge in [-0.05, 0) is 76.0 Å². The van der Waals surface area contributed by atoms with Crippen LogP contribution in [0.3, 0.4) is 0 Å². The number of benzene rings is 1. The molecule has 0 N–H and O–H groups in total. The molecule has 0 radical (unpaired) electrons. The van der Waals surface area contributed by atoms with Crippen LogP contribution in [-0.4, -0.2) is 49.1 Å². The van der Waals surface area contributed by atoms with E-state index in [0.29, 0.717) is 0 Å². The van der Waals surface area contributed by atoms with Gasteiger partial charge in [0.15, 0.2) is 0 Å². The quantitative estimate of drug-likeness (QED) is 0.693. The molecule has 1 aromatic carbocycles. The van der Waals surface area contributed by atoms with E-state index in [-0.39, 0.29) is 0 Å². The van der Waals surface area contributed by atoms with E-state index in [1.807, 2.05) is 0 Å².